The molecule has 1 unspecified atom stereocenters. The Kier molecular flexibility index (Phi) is 5.01. The van der Waals surface area contributed by atoms with E-state index in [1.54, 1.807) is 7.05 Å². The maximum Gasteiger partial charge on any atom is 0.285 e. The minimum absolute atomic E-state index is 0.195. The molecule has 110 valence electrons. The van der Waals surface area contributed by atoms with Crippen molar-refractivity contribution in [1.29, 1.82) is 0 Å². The van der Waals surface area contributed by atoms with E-state index < -0.39 is 22.3 Å². The zero-order chi connectivity index (χ0) is 15.4. The molecule has 0 spiro atoms. The Labute approximate surface area is 116 Å². The molecule has 1 amide bonds. The first-order valence-corrected chi connectivity index (χ1v) is 6.26. The van der Waals surface area contributed by atoms with Crippen LogP contribution in [0.4, 0.5) is 15.8 Å². The second-order valence-electron chi connectivity index (χ2n) is 4.85. The highest BCUT2D eigenvalue weighted by Gasteiger charge is 2.25. The molecule has 1 rings (SSSR count). The predicted octanol–water partition coefficient (Wildman–Crippen LogP) is 2.43. The number of nitro groups is 1. The predicted molar refractivity (Wildman–Crippen MR) is 73.9 cm³/mol. The Morgan fingerprint density at radius 1 is 1.55 bits per heavy atom. The monoisotopic (exact) mass is 283 g/mol. The van der Waals surface area contributed by atoms with Crippen molar-refractivity contribution in [1.82, 2.24) is 4.90 Å². The molecule has 1 aromatic rings. The van der Waals surface area contributed by atoms with Crippen LogP contribution in [-0.4, -0.2) is 29.3 Å². The summed E-state index contributed by atoms with van der Waals surface area (Å²) in [6, 6.07) is 1.70. The minimum Gasteiger partial charge on any atom is -0.396 e. The van der Waals surface area contributed by atoms with E-state index in [1.807, 2.05) is 13.8 Å². The molecule has 1 aromatic carbocycles. The summed E-state index contributed by atoms with van der Waals surface area (Å²) in [7, 11) is 1.55. The van der Waals surface area contributed by atoms with Crippen molar-refractivity contribution in [3.63, 3.8) is 0 Å². The SMILES string of the molecule is CCC(C)CN(C)C(=O)c1cc(N)c(F)cc1[N+](=O)[O-]. The molecule has 7 heteroatoms. The van der Waals surface area contributed by atoms with Gasteiger partial charge in [0.05, 0.1) is 16.7 Å². The molecule has 0 heterocycles. The highest BCUT2D eigenvalue weighted by Crippen LogP contribution is 2.25. The van der Waals surface area contributed by atoms with Crippen LogP contribution in [0.1, 0.15) is 30.6 Å². The van der Waals surface area contributed by atoms with Gasteiger partial charge >= 0.3 is 0 Å². The van der Waals surface area contributed by atoms with Crippen LogP contribution in [0.3, 0.4) is 0 Å². The molecular formula is C13H18FN3O3. The van der Waals surface area contributed by atoms with Crippen molar-refractivity contribution < 1.29 is 14.1 Å². The average Bonchev–Trinajstić information content (AvgIpc) is 2.39. The second kappa shape index (κ2) is 6.31. The summed E-state index contributed by atoms with van der Waals surface area (Å²) in [6.07, 6.45) is 0.880. The fourth-order valence-corrected chi connectivity index (χ4v) is 1.79. The molecule has 0 radical (unpaired) electrons. The molecule has 0 aromatic heterocycles. The maximum absolute atomic E-state index is 13.3. The van der Waals surface area contributed by atoms with E-state index in [4.69, 9.17) is 5.73 Å². The third kappa shape index (κ3) is 3.43. The van der Waals surface area contributed by atoms with Gasteiger partial charge in [-0.1, -0.05) is 20.3 Å². The molecule has 0 aliphatic rings. The van der Waals surface area contributed by atoms with Gasteiger partial charge in [0.1, 0.15) is 5.56 Å². The van der Waals surface area contributed by atoms with Gasteiger partial charge in [-0.15, -0.1) is 0 Å². The Bertz CT molecular complexity index is 534. The van der Waals surface area contributed by atoms with Crippen LogP contribution in [0.25, 0.3) is 0 Å². The number of nitrogen functional groups attached to an aromatic ring is 1. The molecule has 1 atom stereocenters. The first kappa shape index (κ1) is 15.9. The van der Waals surface area contributed by atoms with Gasteiger partial charge in [-0.25, -0.2) is 4.39 Å². The van der Waals surface area contributed by atoms with Crippen LogP contribution in [0, 0.1) is 21.8 Å². The summed E-state index contributed by atoms with van der Waals surface area (Å²) in [5.74, 6) is -1.18. The Morgan fingerprint density at radius 2 is 2.15 bits per heavy atom. The zero-order valence-electron chi connectivity index (χ0n) is 11.7. The quantitative estimate of drug-likeness (QED) is 0.510. The van der Waals surface area contributed by atoms with Crippen LogP contribution in [0.5, 0.6) is 0 Å². The second-order valence-corrected chi connectivity index (χ2v) is 4.85. The standard InChI is InChI=1S/C13H18FN3O3/c1-4-8(2)7-16(3)13(18)9-5-11(15)10(14)6-12(9)17(19)20/h5-6,8H,4,7,15H2,1-3H3. The summed E-state index contributed by atoms with van der Waals surface area (Å²) in [5, 5.41) is 10.9. The largest absolute Gasteiger partial charge is 0.396 e. The number of amides is 1. The molecule has 0 aliphatic heterocycles. The third-order valence-electron chi connectivity index (χ3n) is 3.17. The van der Waals surface area contributed by atoms with E-state index in [1.165, 1.54) is 4.90 Å². The van der Waals surface area contributed by atoms with Gasteiger partial charge in [-0.3, -0.25) is 14.9 Å². The molecule has 6 nitrogen and oxygen atoms in total. The van der Waals surface area contributed by atoms with E-state index in [0.29, 0.717) is 12.6 Å². The van der Waals surface area contributed by atoms with Crippen molar-refractivity contribution in [3.05, 3.63) is 33.6 Å². The van der Waals surface area contributed by atoms with Crippen LogP contribution in [0.2, 0.25) is 0 Å². The molecule has 0 bridgehead atoms. The Morgan fingerprint density at radius 3 is 2.65 bits per heavy atom. The van der Waals surface area contributed by atoms with Crippen molar-refractivity contribution in [3.8, 4) is 0 Å². The van der Waals surface area contributed by atoms with E-state index in [9.17, 15) is 19.3 Å². The fourth-order valence-electron chi connectivity index (χ4n) is 1.79. The number of rotatable bonds is 5. The molecule has 0 fully saturated rings. The lowest BCUT2D eigenvalue weighted by molar-refractivity contribution is -0.385. The number of hydrogen-bond donors (Lipinski definition) is 1. The molecule has 0 saturated heterocycles. The number of carbonyl (C=O) groups excluding carboxylic acids is 1. The summed E-state index contributed by atoms with van der Waals surface area (Å²) in [5.41, 5.74) is 4.34. The molecule has 2 N–H and O–H groups in total. The van der Waals surface area contributed by atoms with E-state index in [0.717, 1.165) is 12.5 Å². The lowest BCUT2D eigenvalue weighted by Crippen LogP contribution is -2.31. The molecule has 0 saturated carbocycles. The normalized spacial score (nSPS) is 12.0. The number of carbonyl (C=O) groups is 1. The number of anilines is 1. The molecular weight excluding hydrogens is 265 g/mol. The van der Waals surface area contributed by atoms with Crippen molar-refractivity contribution in [2.75, 3.05) is 19.3 Å². The van der Waals surface area contributed by atoms with Crippen LogP contribution in [-0.2, 0) is 0 Å². The number of halogens is 1. The van der Waals surface area contributed by atoms with Gasteiger partial charge in [0.15, 0.2) is 5.82 Å². The minimum atomic E-state index is -0.905. The average molecular weight is 283 g/mol. The first-order chi connectivity index (χ1) is 9.27. The first-order valence-electron chi connectivity index (χ1n) is 6.26. The fraction of sp³-hybridized carbons (Fsp3) is 0.462. The van der Waals surface area contributed by atoms with Crippen molar-refractivity contribution in [2.45, 2.75) is 20.3 Å². The highest BCUT2D eigenvalue weighted by molar-refractivity contribution is 5.99. The number of nitro benzene ring substituents is 1. The van der Waals surface area contributed by atoms with Crippen LogP contribution >= 0.6 is 0 Å². The Hall–Kier alpha value is -2.18. The summed E-state index contributed by atoms with van der Waals surface area (Å²) >= 11 is 0. The number of nitrogens with zero attached hydrogens (tertiary/aromatic N) is 2. The number of hydrogen-bond acceptors (Lipinski definition) is 4. The van der Waals surface area contributed by atoms with Gasteiger partial charge in [-0.2, -0.15) is 0 Å². The Balaban J connectivity index is 3.14. The topological polar surface area (TPSA) is 89.5 Å². The summed E-state index contributed by atoms with van der Waals surface area (Å²) < 4.78 is 13.3. The van der Waals surface area contributed by atoms with Gasteiger partial charge in [0.25, 0.3) is 11.6 Å². The van der Waals surface area contributed by atoms with Gasteiger partial charge < -0.3 is 10.6 Å². The summed E-state index contributed by atoms with van der Waals surface area (Å²) in [4.78, 5) is 23.7. The zero-order valence-corrected chi connectivity index (χ0v) is 11.7. The smallest absolute Gasteiger partial charge is 0.285 e. The number of nitrogens with two attached hydrogens (primary N) is 1. The summed E-state index contributed by atoms with van der Waals surface area (Å²) in [6.45, 7) is 4.42. The van der Waals surface area contributed by atoms with Crippen LogP contribution in [0.15, 0.2) is 12.1 Å². The van der Waals surface area contributed by atoms with Gasteiger partial charge in [-0.05, 0) is 12.0 Å². The van der Waals surface area contributed by atoms with E-state index >= 15 is 0 Å². The third-order valence-corrected chi connectivity index (χ3v) is 3.17. The molecule has 0 aliphatic carbocycles. The van der Waals surface area contributed by atoms with Crippen LogP contribution < -0.4 is 5.73 Å². The van der Waals surface area contributed by atoms with Gasteiger partial charge in [0.2, 0.25) is 0 Å². The van der Waals surface area contributed by atoms with Crippen molar-refractivity contribution >= 4 is 17.3 Å². The lowest BCUT2D eigenvalue weighted by atomic mass is 10.1. The van der Waals surface area contributed by atoms with E-state index in [-0.39, 0.29) is 17.2 Å². The highest BCUT2D eigenvalue weighted by atomic mass is 19.1. The molecule has 20 heavy (non-hydrogen) atoms. The maximum atomic E-state index is 13.3. The lowest BCUT2D eigenvalue weighted by Gasteiger charge is -2.21. The number of benzene rings is 1. The van der Waals surface area contributed by atoms with Gasteiger partial charge in [0, 0.05) is 13.6 Å². The van der Waals surface area contributed by atoms with Crippen molar-refractivity contribution in [2.24, 2.45) is 5.92 Å². The van der Waals surface area contributed by atoms with E-state index in [2.05, 4.69) is 0 Å².